The molecule has 0 atom stereocenters. The fraction of sp³-hybridized carbons (Fsp3) is 0.133. The molecule has 1 aromatic carbocycles. The number of aromatic nitrogens is 1. The molecule has 0 spiro atoms. The lowest BCUT2D eigenvalue weighted by atomic mass is 10.1. The van der Waals surface area contributed by atoms with Gasteiger partial charge in [0.2, 0.25) is 0 Å². The molecule has 0 unspecified atom stereocenters. The SMILES string of the molecule is N#Cc1ccc(C(=O)N2Cc3cccnc3C2)cc1. The van der Waals surface area contributed by atoms with E-state index in [9.17, 15) is 4.79 Å². The number of amides is 1. The van der Waals surface area contributed by atoms with Gasteiger partial charge in [0.25, 0.3) is 5.91 Å². The summed E-state index contributed by atoms with van der Waals surface area (Å²) in [6.07, 6.45) is 1.74. The van der Waals surface area contributed by atoms with Crippen LogP contribution >= 0.6 is 0 Å². The molecule has 0 aliphatic carbocycles. The maximum absolute atomic E-state index is 12.3. The zero-order valence-corrected chi connectivity index (χ0v) is 10.2. The van der Waals surface area contributed by atoms with Gasteiger partial charge in [0.05, 0.1) is 23.9 Å². The number of carbonyl (C=O) groups excluding carboxylic acids is 1. The van der Waals surface area contributed by atoms with Gasteiger partial charge >= 0.3 is 0 Å². The Labute approximate surface area is 110 Å². The summed E-state index contributed by atoms with van der Waals surface area (Å²) in [6, 6.07) is 12.6. The summed E-state index contributed by atoms with van der Waals surface area (Å²) in [6.45, 7) is 1.15. The molecule has 0 fully saturated rings. The van der Waals surface area contributed by atoms with Crippen LogP contribution in [0, 0.1) is 11.3 Å². The van der Waals surface area contributed by atoms with Crippen molar-refractivity contribution in [3.05, 3.63) is 65.0 Å². The van der Waals surface area contributed by atoms with Gasteiger partial charge in [-0.3, -0.25) is 9.78 Å². The molecule has 3 rings (SSSR count). The number of rotatable bonds is 1. The predicted molar refractivity (Wildman–Crippen MR) is 69.0 cm³/mol. The van der Waals surface area contributed by atoms with E-state index in [0.29, 0.717) is 24.2 Å². The van der Waals surface area contributed by atoms with Gasteiger partial charge in [-0.15, -0.1) is 0 Å². The normalized spacial score (nSPS) is 12.9. The fourth-order valence-corrected chi connectivity index (χ4v) is 2.21. The monoisotopic (exact) mass is 249 g/mol. The third kappa shape index (κ3) is 2.06. The quantitative estimate of drug-likeness (QED) is 0.777. The molecule has 92 valence electrons. The van der Waals surface area contributed by atoms with Gasteiger partial charge < -0.3 is 4.90 Å². The van der Waals surface area contributed by atoms with Crippen molar-refractivity contribution in [1.29, 1.82) is 5.26 Å². The lowest BCUT2D eigenvalue weighted by Crippen LogP contribution is -2.25. The van der Waals surface area contributed by atoms with Crippen LogP contribution in [0.4, 0.5) is 0 Å². The first kappa shape index (κ1) is 11.4. The van der Waals surface area contributed by atoms with E-state index in [4.69, 9.17) is 5.26 Å². The standard InChI is InChI=1S/C15H11N3O/c16-8-11-3-5-12(6-4-11)15(19)18-9-13-2-1-7-17-14(13)10-18/h1-7H,9-10H2. The second-order valence-electron chi connectivity index (χ2n) is 4.46. The minimum absolute atomic E-state index is 0.0255. The molecule has 1 amide bonds. The highest BCUT2D eigenvalue weighted by Crippen LogP contribution is 2.22. The fourth-order valence-electron chi connectivity index (χ4n) is 2.21. The zero-order valence-electron chi connectivity index (χ0n) is 10.2. The molecule has 2 heterocycles. The number of fused-ring (bicyclic) bond motifs is 1. The minimum atomic E-state index is -0.0255. The number of nitriles is 1. The summed E-state index contributed by atoms with van der Waals surface area (Å²) in [4.78, 5) is 18.4. The Balaban J connectivity index is 1.81. The van der Waals surface area contributed by atoms with Crippen molar-refractivity contribution in [3.8, 4) is 6.07 Å². The van der Waals surface area contributed by atoms with Crippen molar-refractivity contribution in [3.63, 3.8) is 0 Å². The molecular weight excluding hydrogens is 238 g/mol. The van der Waals surface area contributed by atoms with Gasteiger partial charge in [0.15, 0.2) is 0 Å². The molecule has 0 radical (unpaired) electrons. The molecule has 2 aromatic rings. The van der Waals surface area contributed by atoms with Crippen LogP contribution in [0.3, 0.4) is 0 Å². The minimum Gasteiger partial charge on any atom is -0.328 e. The molecule has 1 aromatic heterocycles. The molecule has 4 nitrogen and oxygen atoms in total. The summed E-state index contributed by atoms with van der Waals surface area (Å²) in [7, 11) is 0. The molecule has 4 heteroatoms. The summed E-state index contributed by atoms with van der Waals surface area (Å²) < 4.78 is 0. The van der Waals surface area contributed by atoms with Crippen molar-refractivity contribution in [2.45, 2.75) is 13.1 Å². The highest BCUT2D eigenvalue weighted by Gasteiger charge is 2.24. The van der Waals surface area contributed by atoms with E-state index in [1.807, 2.05) is 18.2 Å². The van der Waals surface area contributed by atoms with Gasteiger partial charge in [0, 0.05) is 18.3 Å². The molecule has 0 saturated heterocycles. The number of nitrogens with zero attached hydrogens (tertiary/aromatic N) is 3. The van der Waals surface area contributed by atoms with Crippen molar-refractivity contribution < 1.29 is 4.79 Å². The number of pyridine rings is 1. The van der Waals surface area contributed by atoms with Crippen molar-refractivity contribution >= 4 is 5.91 Å². The molecule has 1 aliphatic rings. The lowest BCUT2D eigenvalue weighted by Gasteiger charge is -2.14. The summed E-state index contributed by atoms with van der Waals surface area (Å²) in [5.41, 5.74) is 3.23. The van der Waals surface area contributed by atoms with Crippen LogP contribution in [0.25, 0.3) is 0 Å². The van der Waals surface area contributed by atoms with Gasteiger partial charge in [-0.05, 0) is 35.9 Å². The second kappa shape index (κ2) is 4.54. The van der Waals surface area contributed by atoms with Crippen molar-refractivity contribution in [1.82, 2.24) is 9.88 Å². The van der Waals surface area contributed by atoms with E-state index < -0.39 is 0 Å². The van der Waals surface area contributed by atoms with Crippen LogP contribution < -0.4 is 0 Å². The van der Waals surface area contributed by atoms with Crippen LogP contribution in [0.5, 0.6) is 0 Å². The van der Waals surface area contributed by atoms with Crippen molar-refractivity contribution in [2.75, 3.05) is 0 Å². The Kier molecular flexibility index (Phi) is 2.73. The Morgan fingerprint density at radius 3 is 2.68 bits per heavy atom. The summed E-state index contributed by atoms with van der Waals surface area (Å²) in [5, 5.41) is 8.74. The third-order valence-corrected chi connectivity index (χ3v) is 3.23. The maximum atomic E-state index is 12.3. The Bertz CT molecular complexity index is 646. The summed E-state index contributed by atoms with van der Waals surface area (Å²) >= 11 is 0. The lowest BCUT2D eigenvalue weighted by molar-refractivity contribution is 0.0750. The smallest absolute Gasteiger partial charge is 0.254 e. The predicted octanol–water partition coefficient (Wildman–Crippen LogP) is 2.11. The van der Waals surface area contributed by atoms with Crippen LogP contribution in [-0.2, 0) is 13.1 Å². The first-order valence-electron chi connectivity index (χ1n) is 6.00. The Morgan fingerprint density at radius 1 is 1.21 bits per heavy atom. The van der Waals surface area contributed by atoms with E-state index in [1.165, 1.54) is 0 Å². The number of hydrogen-bond donors (Lipinski definition) is 0. The average molecular weight is 249 g/mol. The van der Waals surface area contributed by atoms with Gasteiger partial charge in [-0.1, -0.05) is 6.07 Å². The third-order valence-electron chi connectivity index (χ3n) is 3.23. The largest absolute Gasteiger partial charge is 0.328 e. The Hall–Kier alpha value is -2.67. The maximum Gasteiger partial charge on any atom is 0.254 e. The molecule has 19 heavy (non-hydrogen) atoms. The number of hydrogen-bond acceptors (Lipinski definition) is 3. The number of carbonyl (C=O) groups is 1. The highest BCUT2D eigenvalue weighted by atomic mass is 16.2. The second-order valence-corrected chi connectivity index (χ2v) is 4.46. The van der Waals surface area contributed by atoms with Gasteiger partial charge in [0.1, 0.15) is 0 Å². The van der Waals surface area contributed by atoms with E-state index >= 15 is 0 Å². The highest BCUT2D eigenvalue weighted by molar-refractivity contribution is 5.94. The first-order chi connectivity index (χ1) is 9.28. The molecule has 0 bridgehead atoms. The topological polar surface area (TPSA) is 57.0 Å². The average Bonchev–Trinajstić information content (AvgIpc) is 2.90. The van der Waals surface area contributed by atoms with Crippen LogP contribution in [0.1, 0.15) is 27.2 Å². The molecule has 0 saturated carbocycles. The first-order valence-corrected chi connectivity index (χ1v) is 6.00. The van der Waals surface area contributed by atoms with E-state index in [0.717, 1.165) is 11.3 Å². The van der Waals surface area contributed by atoms with Gasteiger partial charge in [-0.25, -0.2) is 0 Å². The number of benzene rings is 1. The summed E-state index contributed by atoms with van der Waals surface area (Å²) in [5.74, 6) is -0.0255. The van der Waals surface area contributed by atoms with Gasteiger partial charge in [-0.2, -0.15) is 5.26 Å². The molecule has 0 N–H and O–H groups in total. The van der Waals surface area contributed by atoms with Crippen LogP contribution in [-0.4, -0.2) is 15.8 Å². The van der Waals surface area contributed by atoms with E-state index in [-0.39, 0.29) is 5.91 Å². The molecule has 1 aliphatic heterocycles. The molecular formula is C15H11N3O. The van der Waals surface area contributed by atoms with E-state index in [1.54, 1.807) is 35.4 Å². The Morgan fingerprint density at radius 2 is 2.00 bits per heavy atom. The van der Waals surface area contributed by atoms with E-state index in [2.05, 4.69) is 4.98 Å². The zero-order chi connectivity index (χ0) is 13.2. The van der Waals surface area contributed by atoms with Crippen molar-refractivity contribution in [2.24, 2.45) is 0 Å². The van der Waals surface area contributed by atoms with Crippen LogP contribution in [0.2, 0.25) is 0 Å². The van der Waals surface area contributed by atoms with Crippen LogP contribution in [0.15, 0.2) is 42.6 Å².